The van der Waals surface area contributed by atoms with Crippen LogP contribution in [0.15, 0.2) is 40.9 Å². The number of fused-ring (bicyclic) bond motifs is 1. The van der Waals surface area contributed by atoms with E-state index in [0.717, 1.165) is 5.52 Å². The number of esters is 1. The van der Waals surface area contributed by atoms with Crippen LogP contribution in [0.3, 0.4) is 0 Å². The fraction of sp³-hybridized carbons (Fsp3) is 0.222. The number of hydrogen-bond donors (Lipinski definition) is 1. The molecule has 1 N–H and O–H groups in total. The minimum atomic E-state index is -1.02. The molecule has 3 rings (SSSR count). The van der Waals surface area contributed by atoms with E-state index in [1.807, 2.05) is 18.2 Å². The molecule has 0 aliphatic heterocycles. The van der Waals surface area contributed by atoms with E-state index in [2.05, 4.69) is 15.3 Å². The number of pyridine rings is 1. The van der Waals surface area contributed by atoms with Crippen molar-refractivity contribution in [3.63, 3.8) is 0 Å². The Morgan fingerprint density at radius 2 is 2.07 bits per heavy atom. The van der Waals surface area contributed by atoms with Gasteiger partial charge < -0.3 is 14.5 Å². The highest BCUT2D eigenvalue weighted by molar-refractivity contribution is 6.36. The van der Waals surface area contributed by atoms with Gasteiger partial charge in [-0.2, -0.15) is 0 Å². The molecule has 1 amide bonds. The van der Waals surface area contributed by atoms with E-state index < -0.39 is 18.0 Å². The molecule has 9 heteroatoms. The monoisotopic (exact) mass is 407 g/mol. The van der Waals surface area contributed by atoms with Crippen LogP contribution in [0.1, 0.15) is 19.2 Å². The zero-order valence-electron chi connectivity index (χ0n) is 14.2. The first-order valence-electron chi connectivity index (χ1n) is 8.08. The van der Waals surface area contributed by atoms with Crippen LogP contribution in [-0.2, 0) is 20.7 Å². The normalized spacial score (nSPS) is 12.0. The Labute approximate surface area is 164 Å². The third-order valence-electron chi connectivity index (χ3n) is 3.61. The molecule has 27 heavy (non-hydrogen) atoms. The van der Waals surface area contributed by atoms with Gasteiger partial charge in [-0.05, 0) is 25.1 Å². The zero-order valence-corrected chi connectivity index (χ0v) is 15.8. The van der Waals surface area contributed by atoms with Crippen LogP contribution in [-0.4, -0.2) is 27.9 Å². The third-order valence-corrected chi connectivity index (χ3v) is 4.10. The van der Waals surface area contributed by atoms with Crippen molar-refractivity contribution in [1.29, 1.82) is 0 Å². The average Bonchev–Trinajstić information content (AvgIpc) is 3.05. The van der Waals surface area contributed by atoms with Crippen LogP contribution in [0.2, 0.25) is 10.0 Å². The smallest absolute Gasteiger partial charge is 0.307 e. The zero-order chi connectivity index (χ0) is 19.4. The number of oxazole rings is 1. The van der Waals surface area contributed by atoms with Crippen LogP contribution in [0, 0.1) is 0 Å². The lowest BCUT2D eigenvalue weighted by Gasteiger charge is -2.13. The molecule has 0 aliphatic carbocycles. The fourth-order valence-corrected chi connectivity index (χ4v) is 2.70. The Morgan fingerprint density at radius 1 is 1.30 bits per heavy atom. The molecule has 0 unspecified atom stereocenters. The summed E-state index contributed by atoms with van der Waals surface area (Å²) in [6.45, 7) is 1.45. The van der Waals surface area contributed by atoms with Gasteiger partial charge in [0.2, 0.25) is 0 Å². The van der Waals surface area contributed by atoms with Gasteiger partial charge >= 0.3 is 5.97 Å². The molecule has 0 bridgehead atoms. The summed E-state index contributed by atoms with van der Waals surface area (Å²) in [4.78, 5) is 32.3. The summed E-state index contributed by atoms with van der Waals surface area (Å²) in [5.41, 5.74) is 1.38. The number of nitrogens with one attached hydrogen (secondary N) is 1. The summed E-state index contributed by atoms with van der Waals surface area (Å²) in [6.07, 6.45) is 0.631. The van der Waals surface area contributed by atoms with Crippen LogP contribution < -0.4 is 5.32 Å². The molecule has 0 aliphatic rings. The number of aryl methyl sites for hydroxylation is 1. The minimum Gasteiger partial charge on any atom is -0.453 e. The fourth-order valence-electron chi connectivity index (χ4n) is 2.27. The van der Waals surface area contributed by atoms with Crippen molar-refractivity contribution >= 4 is 52.0 Å². The lowest BCUT2D eigenvalue weighted by molar-refractivity contribution is -0.153. The Kier molecular flexibility index (Phi) is 5.93. The number of amides is 1. The summed E-state index contributed by atoms with van der Waals surface area (Å²) in [6, 6.07) is 8.76. The summed E-state index contributed by atoms with van der Waals surface area (Å²) >= 11 is 11.7. The van der Waals surface area contributed by atoms with Gasteiger partial charge in [0, 0.05) is 12.6 Å². The number of nitrogens with zero attached hydrogens (tertiary/aromatic N) is 2. The molecule has 0 spiro atoms. The number of ether oxygens (including phenoxy) is 1. The highest BCUT2D eigenvalue weighted by Gasteiger charge is 2.20. The Balaban J connectivity index is 1.51. The third kappa shape index (κ3) is 4.96. The molecule has 0 fully saturated rings. The summed E-state index contributed by atoms with van der Waals surface area (Å²) in [5.74, 6) is -0.528. The molecule has 1 aromatic carbocycles. The maximum atomic E-state index is 12.1. The van der Waals surface area contributed by atoms with E-state index in [9.17, 15) is 9.59 Å². The maximum absolute atomic E-state index is 12.1. The predicted molar refractivity (Wildman–Crippen MR) is 101 cm³/mol. The van der Waals surface area contributed by atoms with Gasteiger partial charge in [0.05, 0.1) is 16.5 Å². The topological polar surface area (TPSA) is 94.3 Å². The maximum Gasteiger partial charge on any atom is 0.307 e. The van der Waals surface area contributed by atoms with Crippen LogP contribution in [0.5, 0.6) is 0 Å². The van der Waals surface area contributed by atoms with Gasteiger partial charge in [0.25, 0.3) is 5.91 Å². The number of hydrogen-bond acceptors (Lipinski definition) is 6. The highest BCUT2D eigenvalue weighted by Crippen LogP contribution is 2.22. The Bertz CT molecular complexity index is 957. The van der Waals surface area contributed by atoms with Gasteiger partial charge in [-0.3, -0.25) is 9.59 Å². The molecule has 2 aromatic heterocycles. The number of carbonyl (C=O) groups excluding carboxylic acids is 2. The summed E-state index contributed by atoms with van der Waals surface area (Å²) < 4.78 is 10.7. The first-order chi connectivity index (χ1) is 12.9. The summed E-state index contributed by atoms with van der Waals surface area (Å²) in [5, 5.41) is 3.02. The standard InChI is InChI=1S/C18H15Cl2N3O4/c1-10(18(25)23-17-12(20)8-11(19)9-21-17)26-16(24)7-6-15-22-13-4-2-3-5-14(13)27-15/h2-5,8-10H,6-7H2,1H3,(H,21,23,25)/t10-/m1/s1. The van der Waals surface area contributed by atoms with Gasteiger partial charge in [-0.25, -0.2) is 9.97 Å². The second kappa shape index (κ2) is 8.37. The first kappa shape index (κ1) is 19.1. The number of halogens is 2. The second-order valence-electron chi connectivity index (χ2n) is 5.68. The van der Waals surface area contributed by atoms with Crippen molar-refractivity contribution in [2.75, 3.05) is 5.32 Å². The number of carbonyl (C=O) groups is 2. The lowest BCUT2D eigenvalue weighted by atomic mass is 10.3. The molecule has 0 saturated carbocycles. The van der Waals surface area contributed by atoms with Crippen LogP contribution >= 0.6 is 23.2 Å². The predicted octanol–water partition coefficient (Wildman–Crippen LogP) is 4.03. The molecule has 1 atom stereocenters. The van der Waals surface area contributed by atoms with E-state index >= 15 is 0 Å². The molecule has 140 valence electrons. The number of aromatic nitrogens is 2. The van der Waals surface area contributed by atoms with Crippen molar-refractivity contribution in [3.05, 3.63) is 52.5 Å². The molecule has 7 nitrogen and oxygen atoms in total. The Hall–Kier alpha value is -2.64. The van der Waals surface area contributed by atoms with Crippen molar-refractivity contribution in [1.82, 2.24) is 9.97 Å². The average molecular weight is 408 g/mol. The van der Waals surface area contributed by atoms with E-state index in [0.29, 0.717) is 16.5 Å². The van der Waals surface area contributed by atoms with Crippen LogP contribution in [0.25, 0.3) is 11.1 Å². The lowest BCUT2D eigenvalue weighted by Crippen LogP contribution is -2.30. The second-order valence-corrected chi connectivity index (χ2v) is 6.52. The SMILES string of the molecule is C[C@@H](OC(=O)CCc1nc2ccccc2o1)C(=O)Nc1ncc(Cl)cc1Cl. The summed E-state index contributed by atoms with van der Waals surface area (Å²) in [7, 11) is 0. The molecular weight excluding hydrogens is 393 g/mol. The number of benzene rings is 1. The van der Waals surface area contributed by atoms with E-state index in [1.165, 1.54) is 19.2 Å². The quantitative estimate of drug-likeness (QED) is 0.619. The Morgan fingerprint density at radius 3 is 2.81 bits per heavy atom. The van der Waals surface area contributed by atoms with E-state index in [4.69, 9.17) is 32.4 Å². The van der Waals surface area contributed by atoms with Gasteiger partial charge in [-0.15, -0.1) is 0 Å². The molecule has 0 saturated heterocycles. The van der Waals surface area contributed by atoms with Crippen molar-refractivity contribution < 1.29 is 18.7 Å². The van der Waals surface area contributed by atoms with Crippen molar-refractivity contribution in [2.24, 2.45) is 0 Å². The van der Waals surface area contributed by atoms with Gasteiger partial charge in [0.15, 0.2) is 23.4 Å². The van der Waals surface area contributed by atoms with Crippen molar-refractivity contribution in [2.45, 2.75) is 25.9 Å². The first-order valence-corrected chi connectivity index (χ1v) is 8.84. The molecule has 2 heterocycles. The van der Waals surface area contributed by atoms with Crippen LogP contribution in [0.4, 0.5) is 5.82 Å². The molecule has 0 radical (unpaired) electrons. The molecule has 3 aromatic rings. The van der Waals surface area contributed by atoms with Gasteiger partial charge in [-0.1, -0.05) is 35.3 Å². The number of anilines is 1. The van der Waals surface area contributed by atoms with E-state index in [1.54, 1.807) is 6.07 Å². The van der Waals surface area contributed by atoms with Gasteiger partial charge in [0.1, 0.15) is 5.52 Å². The number of para-hydroxylation sites is 2. The van der Waals surface area contributed by atoms with Crippen molar-refractivity contribution in [3.8, 4) is 0 Å². The molecular formula is C18H15Cl2N3O4. The number of rotatable bonds is 6. The minimum absolute atomic E-state index is 0.0321. The largest absolute Gasteiger partial charge is 0.453 e. The van der Waals surface area contributed by atoms with E-state index in [-0.39, 0.29) is 23.7 Å². The highest BCUT2D eigenvalue weighted by atomic mass is 35.5.